The highest BCUT2D eigenvalue weighted by Crippen LogP contribution is 2.33. The van der Waals surface area contributed by atoms with Crippen LogP contribution in [-0.2, 0) is 16.6 Å². The number of alkyl halides is 1. The molecule has 6 rings (SSSR count). The van der Waals surface area contributed by atoms with E-state index in [1.165, 1.54) is 11.0 Å². The average molecular weight is 608 g/mol. The molecule has 0 radical (unpaired) electrons. The maximum Gasteiger partial charge on any atom is 0.316 e. The molecule has 1 fully saturated rings. The Morgan fingerprint density at radius 3 is 2.77 bits per heavy atom. The van der Waals surface area contributed by atoms with Gasteiger partial charge in [-0.15, -0.1) is 5.10 Å². The maximum atomic E-state index is 13.7. The molecule has 43 heavy (non-hydrogen) atoms. The van der Waals surface area contributed by atoms with Crippen LogP contribution in [0.25, 0.3) is 22.2 Å². The van der Waals surface area contributed by atoms with Crippen molar-refractivity contribution < 1.29 is 18.7 Å². The first kappa shape index (κ1) is 28.5. The van der Waals surface area contributed by atoms with Gasteiger partial charge in [-0.1, -0.05) is 11.6 Å². The minimum absolute atomic E-state index is 0.0799. The molecule has 0 aliphatic carbocycles. The second-order valence-corrected chi connectivity index (χ2v) is 10.8. The van der Waals surface area contributed by atoms with Gasteiger partial charge in [-0.05, 0) is 43.5 Å². The van der Waals surface area contributed by atoms with Crippen molar-refractivity contribution in [1.29, 1.82) is 0 Å². The molecule has 1 saturated heterocycles. The summed E-state index contributed by atoms with van der Waals surface area (Å²) in [6.07, 6.45) is 9.63. The van der Waals surface area contributed by atoms with E-state index in [0.29, 0.717) is 24.4 Å². The third-order valence-electron chi connectivity index (χ3n) is 7.53. The van der Waals surface area contributed by atoms with Crippen molar-refractivity contribution in [1.82, 2.24) is 35.4 Å². The first-order valence-electron chi connectivity index (χ1n) is 14.1. The molecule has 14 heteroatoms. The summed E-state index contributed by atoms with van der Waals surface area (Å²) in [6.45, 7) is 0.561. The number of piperidine rings is 1. The molecule has 0 spiro atoms. The van der Waals surface area contributed by atoms with E-state index in [1.54, 1.807) is 40.3 Å². The van der Waals surface area contributed by atoms with Crippen LogP contribution in [0.2, 0.25) is 5.02 Å². The highest BCUT2D eigenvalue weighted by Gasteiger charge is 2.30. The molecule has 224 valence electrons. The molecule has 12 nitrogen and oxygen atoms in total. The molecule has 1 atom stereocenters. The van der Waals surface area contributed by atoms with Crippen LogP contribution in [0, 0.1) is 0 Å². The summed E-state index contributed by atoms with van der Waals surface area (Å²) in [5, 5.41) is 12.3. The molecule has 2 amide bonds. The monoisotopic (exact) mass is 607 g/mol. The molecule has 1 aromatic carbocycles. The zero-order chi connectivity index (χ0) is 29.9. The normalized spacial score (nSPS) is 16.5. The molecule has 0 bridgehead atoms. The first-order chi connectivity index (χ1) is 20.9. The Morgan fingerprint density at radius 2 is 2.02 bits per heavy atom. The molecular formula is C29H31ClFN9O3. The van der Waals surface area contributed by atoms with Crippen LogP contribution in [0.3, 0.4) is 0 Å². The van der Waals surface area contributed by atoms with Crippen molar-refractivity contribution in [2.24, 2.45) is 12.1 Å². The topological polar surface area (TPSA) is 133 Å². The highest BCUT2D eigenvalue weighted by molar-refractivity contribution is 6.34. The Bertz CT molecular complexity index is 1680. The fourth-order valence-electron chi connectivity index (χ4n) is 5.28. The largest absolute Gasteiger partial charge is 0.434 e. The van der Waals surface area contributed by atoms with E-state index in [0.717, 1.165) is 41.3 Å². The number of pyridine rings is 1. The Kier molecular flexibility index (Phi) is 8.14. The number of ether oxygens (including phenoxy) is 1. The number of rotatable bonds is 8. The predicted octanol–water partition coefficient (Wildman–Crippen LogP) is 3.72. The second kappa shape index (κ2) is 12.3. The highest BCUT2D eigenvalue weighted by atomic mass is 35.5. The van der Waals surface area contributed by atoms with E-state index < -0.39 is 18.8 Å². The van der Waals surface area contributed by atoms with E-state index in [1.807, 2.05) is 19.3 Å². The van der Waals surface area contributed by atoms with Gasteiger partial charge in [0.15, 0.2) is 0 Å². The van der Waals surface area contributed by atoms with E-state index in [4.69, 9.17) is 16.3 Å². The summed E-state index contributed by atoms with van der Waals surface area (Å²) < 4.78 is 21.6. The summed E-state index contributed by atoms with van der Waals surface area (Å²) >= 11 is 6.59. The molecule has 5 heterocycles. The number of hydrogen-bond acceptors (Lipinski definition) is 8. The SMILES string of the molecule is Cn1cc(-c2cnc3[nH]cc(C4NN=C(N(CCF)c5ccc(C(=O)NCC(=O)N6CCCCC6)cc5Cl)O4)c3c2)cn1. The minimum atomic E-state index is -0.699. The number of likely N-dealkylation sites (tertiary alicyclic amines) is 1. The van der Waals surface area contributed by atoms with Gasteiger partial charge in [0.1, 0.15) is 12.3 Å². The van der Waals surface area contributed by atoms with Gasteiger partial charge in [-0.2, -0.15) is 5.10 Å². The van der Waals surface area contributed by atoms with E-state index in [-0.39, 0.29) is 35.6 Å². The van der Waals surface area contributed by atoms with E-state index in [2.05, 4.69) is 30.9 Å². The van der Waals surface area contributed by atoms with Crippen LogP contribution < -0.4 is 15.6 Å². The fraction of sp³-hybridized carbons (Fsp3) is 0.345. The molecule has 2 aliphatic rings. The Morgan fingerprint density at radius 1 is 1.19 bits per heavy atom. The van der Waals surface area contributed by atoms with Crippen LogP contribution in [0.1, 0.15) is 41.4 Å². The van der Waals surface area contributed by atoms with Crippen LogP contribution in [0.5, 0.6) is 0 Å². The van der Waals surface area contributed by atoms with Gasteiger partial charge in [0.2, 0.25) is 12.1 Å². The number of anilines is 1. The lowest BCUT2D eigenvalue weighted by molar-refractivity contribution is -0.130. The summed E-state index contributed by atoms with van der Waals surface area (Å²) in [6, 6.07) is 6.77. The number of aromatic nitrogens is 4. The smallest absolute Gasteiger partial charge is 0.316 e. The molecule has 1 unspecified atom stereocenters. The molecular weight excluding hydrogens is 577 g/mol. The van der Waals surface area contributed by atoms with Crippen LogP contribution in [0.15, 0.2) is 54.2 Å². The summed E-state index contributed by atoms with van der Waals surface area (Å²) in [7, 11) is 1.85. The number of H-pyrrole nitrogens is 1. The third-order valence-corrected chi connectivity index (χ3v) is 7.84. The molecule has 4 aromatic rings. The number of aromatic amines is 1. The zero-order valence-corrected chi connectivity index (χ0v) is 24.3. The van der Waals surface area contributed by atoms with Crippen LogP contribution >= 0.6 is 11.6 Å². The Balaban J connectivity index is 1.15. The summed E-state index contributed by atoms with van der Waals surface area (Å²) in [4.78, 5) is 36.1. The maximum absolute atomic E-state index is 13.7. The quantitative estimate of drug-likeness (QED) is 0.278. The van der Waals surface area contributed by atoms with Gasteiger partial charge in [-0.25, -0.2) is 9.37 Å². The number of halogens is 2. The van der Waals surface area contributed by atoms with Crippen molar-refractivity contribution in [2.45, 2.75) is 25.5 Å². The number of amidine groups is 1. The lowest BCUT2D eigenvalue weighted by Crippen LogP contribution is -2.42. The lowest BCUT2D eigenvalue weighted by atomic mass is 10.1. The standard InChI is InChI=1S/C29H31ClFN9O3/c1-38-17-20(14-35-38)19-11-21-22(15-33-26(21)32-13-19)28-36-37-29(43-28)40(10-7-31)24-6-5-18(12-23(24)30)27(42)34-16-25(41)39-8-3-2-4-9-39/h5-6,11-15,17,28,36H,2-4,7-10,16H2,1H3,(H,32,33)(H,34,42). The number of aryl methyl sites for hydroxylation is 1. The second-order valence-electron chi connectivity index (χ2n) is 10.4. The molecule has 2 aliphatic heterocycles. The van der Waals surface area contributed by atoms with Crippen molar-refractivity contribution in [3.05, 3.63) is 65.2 Å². The van der Waals surface area contributed by atoms with Crippen LogP contribution in [0.4, 0.5) is 10.1 Å². The van der Waals surface area contributed by atoms with Crippen molar-refractivity contribution in [3.63, 3.8) is 0 Å². The van der Waals surface area contributed by atoms with Gasteiger partial charge < -0.3 is 19.9 Å². The average Bonchev–Trinajstić information content (AvgIpc) is 3.78. The number of carbonyl (C=O) groups excluding carboxylic acids is 2. The van der Waals surface area contributed by atoms with Crippen molar-refractivity contribution >= 4 is 46.2 Å². The number of carbonyl (C=O) groups is 2. The number of hydrazone groups is 1. The number of fused-ring (bicyclic) bond motifs is 1. The first-order valence-corrected chi connectivity index (χ1v) is 14.4. The predicted molar refractivity (Wildman–Crippen MR) is 160 cm³/mol. The summed E-state index contributed by atoms with van der Waals surface area (Å²) in [5.74, 6) is -0.534. The summed E-state index contributed by atoms with van der Waals surface area (Å²) in [5.41, 5.74) is 6.93. The molecule has 3 aromatic heterocycles. The third kappa shape index (κ3) is 5.98. The van der Waals surface area contributed by atoms with Crippen LogP contribution in [-0.4, -0.2) is 75.3 Å². The Hall–Kier alpha value is -4.65. The van der Waals surface area contributed by atoms with Gasteiger partial charge in [0.25, 0.3) is 5.91 Å². The number of hydrogen-bond donors (Lipinski definition) is 3. The number of amides is 2. The molecule has 0 saturated carbocycles. The van der Waals surface area contributed by atoms with E-state index in [9.17, 15) is 14.0 Å². The van der Waals surface area contributed by atoms with Gasteiger partial charge in [-0.3, -0.25) is 24.6 Å². The fourth-order valence-corrected chi connectivity index (χ4v) is 5.56. The van der Waals surface area contributed by atoms with Gasteiger partial charge >= 0.3 is 6.02 Å². The number of nitrogens with one attached hydrogen (secondary N) is 3. The number of nitrogens with zero attached hydrogens (tertiary/aromatic N) is 6. The van der Waals surface area contributed by atoms with Crippen molar-refractivity contribution in [3.8, 4) is 11.1 Å². The van der Waals surface area contributed by atoms with Crippen molar-refractivity contribution in [2.75, 3.05) is 37.8 Å². The number of benzene rings is 1. The van der Waals surface area contributed by atoms with Gasteiger partial charge in [0.05, 0.1) is 30.0 Å². The zero-order valence-electron chi connectivity index (χ0n) is 23.5. The lowest BCUT2D eigenvalue weighted by Gasteiger charge is -2.26. The Labute approximate surface area is 251 Å². The molecule has 3 N–H and O–H groups in total. The van der Waals surface area contributed by atoms with E-state index >= 15 is 0 Å². The van der Waals surface area contributed by atoms with Gasteiger partial charge in [0, 0.05) is 66.4 Å². The minimum Gasteiger partial charge on any atom is -0.434 e.